The van der Waals surface area contributed by atoms with Gasteiger partial charge in [-0.3, -0.25) is 14.4 Å². The monoisotopic (exact) mass is 352 g/mol. The molecule has 0 bridgehead atoms. The molecule has 130 valence electrons. The number of thiazole rings is 1. The van der Waals surface area contributed by atoms with Crippen LogP contribution in [-0.4, -0.2) is 63.9 Å². The summed E-state index contributed by atoms with van der Waals surface area (Å²) in [5, 5.41) is 11.9. The van der Waals surface area contributed by atoms with E-state index in [1.165, 1.54) is 16.2 Å². The average Bonchev–Trinajstić information content (AvgIpc) is 3.19. The zero-order valence-corrected chi connectivity index (χ0v) is 14.2. The topological polar surface area (TPSA) is 117 Å². The van der Waals surface area contributed by atoms with Crippen LogP contribution in [0.2, 0.25) is 0 Å². The number of carboxylic acids is 1. The van der Waals surface area contributed by atoms with E-state index in [1.807, 2.05) is 12.3 Å². The fourth-order valence-corrected chi connectivity index (χ4v) is 4.19. The number of nitrogens with two attached hydrogens (primary N) is 1. The van der Waals surface area contributed by atoms with Gasteiger partial charge in [-0.05, 0) is 13.3 Å². The Morgan fingerprint density at radius 3 is 2.79 bits per heavy atom. The maximum absolute atomic E-state index is 12.4. The highest BCUT2D eigenvalue weighted by molar-refractivity contribution is 7.13. The van der Waals surface area contributed by atoms with Gasteiger partial charge in [-0.1, -0.05) is 0 Å². The molecule has 8 nitrogen and oxygen atoms in total. The van der Waals surface area contributed by atoms with Crippen molar-refractivity contribution in [2.24, 2.45) is 11.3 Å². The summed E-state index contributed by atoms with van der Waals surface area (Å²) >= 11 is 1.32. The molecule has 9 heteroatoms. The van der Waals surface area contributed by atoms with E-state index < -0.39 is 17.3 Å². The number of rotatable bonds is 5. The third kappa shape index (κ3) is 2.62. The zero-order valence-electron chi connectivity index (χ0n) is 13.4. The highest BCUT2D eigenvalue weighted by Gasteiger charge is 2.62. The number of hydrogen-bond donors (Lipinski definition) is 2. The van der Waals surface area contributed by atoms with Crippen molar-refractivity contribution in [1.29, 1.82) is 0 Å². The predicted octanol–water partition coefficient (Wildman–Crippen LogP) is 0.0494. The number of fused-ring (bicyclic) bond motifs is 1. The van der Waals surface area contributed by atoms with Gasteiger partial charge in [-0.25, -0.2) is 4.98 Å². The molecule has 0 radical (unpaired) electrons. The van der Waals surface area contributed by atoms with Gasteiger partial charge in [0.2, 0.25) is 11.8 Å². The lowest BCUT2D eigenvalue weighted by atomic mass is 9.81. The maximum Gasteiger partial charge on any atom is 0.314 e. The van der Waals surface area contributed by atoms with E-state index in [9.17, 15) is 19.5 Å². The number of aromatic nitrogens is 1. The second kappa shape index (κ2) is 6.04. The summed E-state index contributed by atoms with van der Waals surface area (Å²) < 4.78 is 0. The van der Waals surface area contributed by atoms with Crippen LogP contribution in [0.4, 0.5) is 5.13 Å². The van der Waals surface area contributed by atoms with Crippen molar-refractivity contribution in [2.45, 2.75) is 19.8 Å². The molecule has 1 aromatic rings. The maximum atomic E-state index is 12.4. The number of anilines is 1. The second-order valence-corrected chi connectivity index (χ2v) is 7.21. The lowest BCUT2D eigenvalue weighted by molar-refractivity contribution is -0.150. The number of carbonyl (C=O) groups is 3. The molecule has 0 aliphatic carbocycles. The van der Waals surface area contributed by atoms with Crippen molar-refractivity contribution < 1.29 is 19.5 Å². The highest BCUT2D eigenvalue weighted by Crippen LogP contribution is 2.43. The molecule has 2 fully saturated rings. The molecule has 2 aliphatic heterocycles. The van der Waals surface area contributed by atoms with E-state index >= 15 is 0 Å². The first-order chi connectivity index (χ1) is 11.4. The number of carbonyl (C=O) groups excluding carboxylic acids is 2. The van der Waals surface area contributed by atoms with Crippen molar-refractivity contribution in [3.8, 4) is 0 Å². The van der Waals surface area contributed by atoms with Crippen LogP contribution in [0.25, 0.3) is 0 Å². The van der Waals surface area contributed by atoms with Crippen LogP contribution in [0.3, 0.4) is 0 Å². The highest BCUT2D eigenvalue weighted by atomic mass is 32.1. The fourth-order valence-electron chi connectivity index (χ4n) is 3.60. The molecule has 0 unspecified atom stereocenters. The summed E-state index contributed by atoms with van der Waals surface area (Å²) in [5.74, 6) is -1.96. The van der Waals surface area contributed by atoms with Crippen molar-refractivity contribution in [1.82, 2.24) is 14.8 Å². The van der Waals surface area contributed by atoms with E-state index in [0.717, 1.165) is 5.69 Å². The largest absolute Gasteiger partial charge is 0.481 e. The summed E-state index contributed by atoms with van der Waals surface area (Å²) in [6.45, 7) is 2.77. The van der Waals surface area contributed by atoms with Gasteiger partial charge in [-0.15, -0.1) is 11.3 Å². The fraction of sp³-hybridized carbons (Fsp3) is 0.600. The Bertz CT molecular complexity index is 691. The van der Waals surface area contributed by atoms with E-state index in [-0.39, 0.29) is 37.9 Å². The molecule has 3 rings (SSSR count). The average molecular weight is 352 g/mol. The predicted molar refractivity (Wildman–Crippen MR) is 87.2 cm³/mol. The number of carboxylic acid groups (broad SMARTS) is 1. The number of nitrogen functional groups attached to an aromatic ring is 1. The summed E-state index contributed by atoms with van der Waals surface area (Å²) in [5.41, 5.74) is 5.15. The molecule has 0 spiro atoms. The lowest BCUT2D eigenvalue weighted by Crippen LogP contribution is -2.42. The molecular formula is C15H20N4O4S. The van der Waals surface area contributed by atoms with Gasteiger partial charge in [0.25, 0.3) is 0 Å². The molecule has 1 aromatic heterocycles. The minimum atomic E-state index is -1.17. The molecule has 0 aromatic carbocycles. The van der Waals surface area contributed by atoms with Crippen molar-refractivity contribution in [3.05, 3.63) is 11.1 Å². The third-order valence-electron chi connectivity index (χ3n) is 4.95. The normalized spacial score (nSPS) is 26.0. The van der Waals surface area contributed by atoms with Gasteiger partial charge in [0.05, 0.1) is 11.6 Å². The van der Waals surface area contributed by atoms with Crippen LogP contribution >= 0.6 is 11.3 Å². The standard InChI is InChI=1S/C15H20N4O4S/c1-2-18-7-15(13(22)23)8-19(5-10(15)12(18)21)11(20)4-3-9-6-24-14(16)17-9/h6,10H,2-5,7-8H2,1H3,(H2,16,17)(H,22,23)/t10-,15+/m0/s1. The smallest absolute Gasteiger partial charge is 0.314 e. The molecule has 2 aliphatic rings. The quantitative estimate of drug-likeness (QED) is 0.773. The molecule has 2 saturated heterocycles. The van der Waals surface area contributed by atoms with Crippen LogP contribution in [0.1, 0.15) is 19.0 Å². The van der Waals surface area contributed by atoms with Crippen molar-refractivity contribution in [3.63, 3.8) is 0 Å². The first-order valence-electron chi connectivity index (χ1n) is 7.87. The number of nitrogens with zero attached hydrogens (tertiary/aromatic N) is 3. The van der Waals surface area contributed by atoms with Gasteiger partial charge >= 0.3 is 5.97 Å². The van der Waals surface area contributed by atoms with Crippen LogP contribution in [0.5, 0.6) is 0 Å². The van der Waals surface area contributed by atoms with Gasteiger partial charge in [0, 0.05) is 38.0 Å². The molecule has 0 saturated carbocycles. The van der Waals surface area contributed by atoms with Crippen LogP contribution in [-0.2, 0) is 20.8 Å². The van der Waals surface area contributed by atoms with Gasteiger partial charge in [0.15, 0.2) is 5.13 Å². The van der Waals surface area contributed by atoms with Crippen LogP contribution in [0.15, 0.2) is 5.38 Å². The molecular weight excluding hydrogens is 332 g/mol. The van der Waals surface area contributed by atoms with E-state index in [1.54, 1.807) is 4.90 Å². The van der Waals surface area contributed by atoms with Gasteiger partial charge in [0.1, 0.15) is 5.41 Å². The number of aryl methyl sites for hydroxylation is 1. The second-order valence-electron chi connectivity index (χ2n) is 6.32. The summed E-state index contributed by atoms with van der Waals surface area (Å²) in [6, 6.07) is 0. The number of aliphatic carboxylic acids is 1. The van der Waals surface area contributed by atoms with Crippen molar-refractivity contribution >= 4 is 34.3 Å². The first kappa shape index (κ1) is 16.7. The van der Waals surface area contributed by atoms with E-state index in [2.05, 4.69) is 4.98 Å². The first-order valence-corrected chi connectivity index (χ1v) is 8.75. The Morgan fingerprint density at radius 1 is 1.50 bits per heavy atom. The number of likely N-dealkylation sites (tertiary alicyclic amines) is 2. The SMILES string of the molecule is CCN1C[C@@]2(C(=O)O)CN(C(=O)CCc3csc(N)n3)C[C@H]2C1=O. The number of hydrogen-bond acceptors (Lipinski definition) is 6. The number of amides is 2. The molecule has 24 heavy (non-hydrogen) atoms. The summed E-state index contributed by atoms with van der Waals surface area (Å²) in [4.78, 5) is 43.8. The minimum absolute atomic E-state index is 0.0906. The van der Waals surface area contributed by atoms with Crippen molar-refractivity contribution in [2.75, 3.05) is 31.9 Å². The third-order valence-corrected chi connectivity index (χ3v) is 5.67. The molecule has 2 atom stereocenters. The van der Waals surface area contributed by atoms with Crippen LogP contribution in [0, 0.1) is 11.3 Å². The molecule has 3 heterocycles. The Balaban J connectivity index is 1.68. The Labute approximate surface area is 143 Å². The Hall–Kier alpha value is -2.16. The minimum Gasteiger partial charge on any atom is -0.481 e. The van der Waals surface area contributed by atoms with Crippen LogP contribution < -0.4 is 5.73 Å². The van der Waals surface area contributed by atoms with Gasteiger partial charge < -0.3 is 20.6 Å². The van der Waals surface area contributed by atoms with E-state index in [4.69, 9.17) is 5.73 Å². The summed E-state index contributed by atoms with van der Waals surface area (Å²) in [7, 11) is 0. The van der Waals surface area contributed by atoms with E-state index in [0.29, 0.717) is 18.1 Å². The lowest BCUT2D eigenvalue weighted by Gasteiger charge is -2.24. The van der Waals surface area contributed by atoms with Gasteiger partial charge in [-0.2, -0.15) is 0 Å². The Kier molecular flexibility index (Phi) is 4.20. The Morgan fingerprint density at radius 2 is 2.25 bits per heavy atom. The molecule has 2 amide bonds. The molecule has 3 N–H and O–H groups in total. The summed E-state index contributed by atoms with van der Waals surface area (Å²) in [6.07, 6.45) is 0.695. The zero-order chi connectivity index (χ0) is 17.5.